The maximum Gasteiger partial charge on any atom is 0.320 e. The molecule has 120 valence electrons. The predicted octanol–water partition coefficient (Wildman–Crippen LogP) is 1.95. The highest BCUT2D eigenvalue weighted by Gasteiger charge is 2.09. The molecule has 7 heteroatoms. The topological polar surface area (TPSA) is 116 Å². The monoisotopic (exact) mass is 324 g/mol. The van der Waals surface area contributed by atoms with Gasteiger partial charge in [0.25, 0.3) is 0 Å². The lowest BCUT2D eigenvalue weighted by Crippen LogP contribution is -2.30. The normalized spacial score (nSPS) is 11.5. The van der Waals surface area contributed by atoms with Crippen LogP contribution >= 0.6 is 11.8 Å². The Bertz CT molecular complexity index is 594. The second-order valence-corrected chi connectivity index (χ2v) is 5.66. The number of hydrogen-bond donors (Lipinski definition) is 4. The number of nitrogens with one attached hydrogen (secondary N) is 1. The number of H-pyrrole nitrogens is 1. The Morgan fingerprint density at radius 2 is 2.00 bits per heavy atom. The number of thioether (sulfide) groups is 1. The number of nitrogens with two attached hydrogens (primary N) is 1. The highest BCUT2D eigenvalue weighted by atomic mass is 32.2. The third kappa shape index (κ3) is 6.19. The fourth-order valence-corrected chi connectivity index (χ4v) is 2.25. The summed E-state index contributed by atoms with van der Waals surface area (Å²) in [5.74, 6) is -0.913. The smallest absolute Gasteiger partial charge is 0.320 e. The van der Waals surface area contributed by atoms with E-state index in [9.17, 15) is 9.59 Å². The Balaban J connectivity index is 0.000000239. The molecule has 0 unspecified atom stereocenters. The van der Waals surface area contributed by atoms with Crippen LogP contribution in [0.25, 0.3) is 10.9 Å². The molecule has 1 aromatic carbocycles. The summed E-state index contributed by atoms with van der Waals surface area (Å²) in [5, 5.41) is 17.9. The quantitative estimate of drug-likeness (QED) is 0.645. The van der Waals surface area contributed by atoms with Crippen LogP contribution in [0.3, 0.4) is 0 Å². The molecular weight excluding hydrogens is 304 g/mol. The number of hydrogen-bond acceptors (Lipinski definition) is 4. The standard InChI is InChI=1S/C10H9NO2.C5H11NO2S/c12-10(13)6-8-5-7-3-1-2-4-9(7)11-8;1-9-3-2-4(6)5(7)8/h1-5,11H,6H2,(H,12,13);4H,2-3,6H2,1H3,(H,7,8)/t;4-/m.0/s1. The van der Waals surface area contributed by atoms with E-state index in [4.69, 9.17) is 15.9 Å². The minimum atomic E-state index is -0.913. The van der Waals surface area contributed by atoms with E-state index in [1.54, 1.807) is 11.8 Å². The van der Waals surface area contributed by atoms with E-state index in [1.165, 1.54) is 0 Å². The fraction of sp³-hybridized carbons (Fsp3) is 0.333. The summed E-state index contributed by atoms with van der Waals surface area (Å²) in [4.78, 5) is 23.5. The highest BCUT2D eigenvalue weighted by Crippen LogP contribution is 2.14. The first-order valence-electron chi connectivity index (χ1n) is 6.69. The SMILES string of the molecule is CSCC[C@H](N)C(=O)O.O=C(O)Cc1cc2ccccc2[nH]1. The average molecular weight is 324 g/mol. The van der Waals surface area contributed by atoms with Crippen molar-refractivity contribution in [2.75, 3.05) is 12.0 Å². The number of carbonyl (C=O) groups is 2. The first-order chi connectivity index (χ1) is 10.4. The molecule has 0 bridgehead atoms. The molecule has 2 rings (SSSR count). The van der Waals surface area contributed by atoms with E-state index >= 15 is 0 Å². The van der Waals surface area contributed by atoms with Crippen molar-refractivity contribution in [3.8, 4) is 0 Å². The zero-order valence-electron chi connectivity index (χ0n) is 12.3. The van der Waals surface area contributed by atoms with Crippen LogP contribution in [0.15, 0.2) is 30.3 Å². The number of fused-ring (bicyclic) bond motifs is 1. The van der Waals surface area contributed by atoms with E-state index in [2.05, 4.69) is 4.98 Å². The molecule has 0 fully saturated rings. The van der Waals surface area contributed by atoms with Gasteiger partial charge in [0.15, 0.2) is 0 Å². The first kappa shape index (κ1) is 18.1. The Kier molecular flexibility index (Phi) is 7.48. The summed E-state index contributed by atoms with van der Waals surface area (Å²) < 4.78 is 0. The number of aromatic nitrogens is 1. The molecule has 1 aromatic heterocycles. The van der Waals surface area contributed by atoms with Gasteiger partial charge in [0.2, 0.25) is 0 Å². The van der Waals surface area contributed by atoms with Gasteiger partial charge in [0.05, 0.1) is 6.42 Å². The van der Waals surface area contributed by atoms with Crippen molar-refractivity contribution in [1.29, 1.82) is 0 Å². The molecule has 0 radical (unpaired) electrons. The maximum absolute atomic E-state index is 10.4. The van der Waals surface area contributed by atoms with Crippen LogP contribution in [-0.4, -0.2) is 45.2 Å². The largest absolute Gasteiger partial charge is 0.481 e. The zero-order chi connectivity index (χ0) is 16.5. The van der Waals surface area contributed by atoms with Crippen LogP contribution in [0.2, 0.25) is 0 Å². The molecule has 0 amide bonds. The van der Waals surface area contributed by atoms with Crippen LogP contribution in [-0.2, 0) is 16.0 Å². The predicted molar refractivity (Wildman–Crippen MR) is 88.2 cm³/mol. The second kappa shape index (κ2) is 9.11. The van der Waals surface area contributed by atoms with E-state index in [0.717, 1.165) is 22.3 Å². The van der Waals surface area contributed by atoms with Gasteiger partial charge in [-0.1, -0.05) is 18.2 Å². The molecular formula is C15H20N2O4S. The van der Waals surface area contributed by atoms with Crippen LogP contribution in [0.1, 0.15) is 12.1 Å². The molecule has 0 spiro atoms. The van der Waals surface area contributed by atoms with Gasteiger partial charge in [-0.2, -0.15) is 11.8 Å². The van der Waals surface area contributed by atoms with Crippen LogP contribution in [0, 0.1) is 0 Å². The fourth-order valence-electron chi connectivity index (χ4n) is 1.76. The number of rotatable bonds is 6. The summed E-state index contributed by atoms with van der Waals surface area (Å²) >= 11 is 1.60. The van der Waals surface area contributed by atoms with Crippen LogP contribution in [0.4, 0.5) is 0 Å². The van der Waals surface area contributed by atoms with Gasteiger partial charge < -0.3 is 20.9 Å². The van der Waals surface area contributed by atoms with Gasteiger partial charge in [0, 0.05) is 11.2 Å². The second-order valence-electron chi connectivity index (χ2n) is 4.68. The minimum absolute atomic E-state index is 0.0503. The molecule has 5 N–H and O–H groups in total. The van der Waals surface area contributed by atoms with Crippen molar-refractivity contribution >= 4 is 34.6 Å². The summed E-state index contributed by atoms with van der Waals surface area (Å²) in [6, 6.07) is 8.92. The lowest BCUT2D eigenvalue weighted by atomic mass is 10.2. The van der Waals surface area contributed by atoms with Crippen molar-refractivity contribution in [3.63, 3.8) is 0 Å². The van der Waals surface area contributed by atoms with Gasteiger partial charge in [-0.25, -0.2) is 0 Å². The Morgan fingerprint density at radius 1 is 1.32 bits per heavy atom. The summed E-state index contributed by atoms with van der Waals surface area (Å²) in [6.45, 7) is 0. The summed E-state index contributed by atoms with van der Waals surface area (Å²) in [7, 11) is 0. The summed E-state index contributed by atoms with van der Waals surface area (Å²) in [6.07, 6.45) is 2.53. The molecule has 1 atom stereocenters. The molecule has 0 aliphatic carbocycles. The maximum atomic E-state index is 10.4. The van der Waals surface area contributed by atoms with E-state index in [0.29, 0.717) is 6.42 Å². The minimum Gasteiger partial charge on any atom is -0.481 e. The zero-order valence-corrected chi connectivity index (χ0v) is 13.1. The van der Waals surface area contributed by atoms with E-state index in [-0.39, 0.29) is 6.42 Å². The highest BCUT2D eigenvalue weighted by molar-refractivity contribution is 7.98. The van der Waals surface area contributed by atoms with Crippen molar-refractivity contribution in [2.24, 2.45) is 5.73 Å². The van der Waals surface area contributed by atoms with E-state index in [1.807, 2.05) is 36.6 Å². The van der Waals surface area contributed by atoms with Gasteiger partial charge in [0.1, 0.15) is 6.04 Å². The van der Waals surface area contributed by atoms with Crippen LogP contribution < -0.4 is 5.73 Å². The van der Waals surface area contributed by atoms with Gasteiger partial charge in [-0.3, -0.25) is 9.59 Å². The molecule has 0 aliphatic rings. The summed E-state index contributed by atoms with van der Waals surface area (Å²) in [5.41, 5.74) is 6.92. The van der Waals surface area contributed by atoms with Crippen molar-refractivity contribution in [3.05, 3.63) is 36.0 Å². The average Bonchev–Trinajstić information content (AvgIpc) is 2.86. The number of aliphatic carboxylic acids is 2. The first-order valence-corrected chi connectivity index (χ1v) is 8.09. The number of aromatic amines is 1. The Hall–Kier alpha value is -1.99. The molecule has 0 saturated heterocycles. The lowest BCUT2D eigenvalue weighted by Gasteiger charge is -2.02. The number of carboxylic acids is 2. The van der Waals surface area contributed by atoms with E-state index < -0.39 is 18.0 Å². The Labute approximate surface area is 132 Å². The Morgan fingerprint density at radius 3 is 2.55 bits per heavy atom. The van der Waals surface area contributed by atoms with Gasteiger partial charge in [-0.05, 0) is 35.9 Å². The van der Waals surface area contributed by atoms with Gasteiger partial charge in [-0.15, -0.1) is 0 Å². The third-order valence-electron chi connectivity index (χ3n) is 2.88. The number of para-hydroxylation sites is 1. The van der Waals surface area contributed by atoms with Crippen molar-refractivity contribution < 1.29 is 19.8 Å². The molecule has 0 saturated carbocycles. The van der Waals surface area contributed by atoms with Crippen molar-refractivity contribution in [2.45, 2.75) is 18.9 Å². The molecule has 6 nitrogen and oxygen atoms in total. The van der Waals surface area contributed by atoms with Gasteiger partial charge >= 0.3 is 11.9 Å². The number of carboxylic acid groups (broad SMARTS) is 2. The molecule has 1 heterocycles. The lowest BCUT2D eigenvalue weighted by molar-refractivity contribution is -0.138. The van der Waals surface area contributed by atoms with Crippen molar-refractivity contribution in [1.82, 2.24) is 4.98 Å². The molecule has 2 aromatic rings. The number of benzene rings is 1. The molecule has 22 heavy (non-hydrogen) atoms. The van der Waals surface area contributed by atoms with Crippen LogP contribution in [0.5, 0.6) is 0 Å². The molecule has 0 aliphatic heterocycles. The third-order valence-corrected chi connectivity index (χ3v) is 3.52.